The summed E-state index contributed by atoms with van der Waals surface area (Å²) in [5.74, 6) is -1.31. The maximum atomic E-state index is 12.0. The fourth-order valence-corrected chi connectivity index (χ4v) is 3.79. The highest BCUT2D eigenvalue weighted by Gasteiger charge is 2.31. The largest absolute Gasteiger partial charge is 0.497 e. The van der Waals surface area contributed by atoms with Gasteiger partial charge in [-0.2, -0.15) is 4.31 Å². The van der Waals surface area contributed by atoms with Crippen LogP contribution < -0.4 is 10.1 Å². The van der Waals surface area contributed by atoms with Gasteiger partial charge < -0.3 is 15.2 Å². The van der Waals surface area contributed by atoms with Crippen LogP contribution in [0.1, 0.15) is 18.0 Å². The number of hydrogen-bond donors (Lipinski definition) is 2. The lowest BCUT2D eigenvalue weighted by Gasteiger charge is -2.18. The van der Waals surface area contributed by atoms with E-state index in [0.717, 1.165) is 4.31 Å². The number of carboxylic acids is 1. The summed E-state index contributed by atoms with van der Waals surface area (Å²) >= 11 is 0. The number of amides is 1. The zero-order chi connectivity index (χ0) is 17.0. The molecule has 1 saturated heterocycles. The molecule has 9 heteroatoms. The van der Waals surface area contributed by atoms with Crippen LogP contribution >= 0.6 is 0 Å². The molecule has 0 radical (unpaired) electrons. The van der Waals surface area contributed by atoms with Gasteiger partial charge in [-0.1, -0.05) is 12.1 Å². The lowest BCUT2D eigenvalue weighted by molar-refractivity contribution is -0.142. The van der Waals surface area contributed by atoms with E-state index in [0.29, 0.717) is 17.7 Å². The van der Waals surface area contributed by atoms with E-state index >= 15 is 0 Å². The second kappa shape index (κ2) is 6.97. The van der Waals surface area contributed by atoms with E-state index in [4.69, 9.17) is 4.74 Å². The van der Waals surface area contributed by atoms with Crippen molar-refractivity contribution in [2.24, 2.45) is 0 Å². The van der Waals surface area contributed by atoms with Gasteiger partial charge in [0.05, 0.1) is 19.4 Å². The Morgan fingerprint density at radius 2 is 2.00 bits per heavy atom. The van der Waals surface area contributed by atoms with Gasteiger partial charge in [0.15, 0.2) is 6.04 Å². The van der Waals surface area contributed by atoms with Crippen LogP contribution in [-0.4, -0.2) is 55.7 Å². The Morgan fingerprint density at radius 3 is 2.48 bits per heavy atom. The summed E-state index contributed by atoms with van der Waals surface area (Å²) in [5.41, 5.74) is 0.371. The van der Waals surface area contributed by atoms with Gasteiger partial charge in [0, 0.05) is 6.54 Å². The molecule has 126 valence electrons. The Hall–Kier alpha value is -2.13. The van der Waals surface area contributed by atoms with Gasteiger partial charge >= 0.3 is 5.97 Å². The zero-order valence-corrected chi connectivity index (χ0v) is 13.4. The van der Waals surface area contributed by atoms with Gasteiger partial charge in [-0.15, -0.1) is 0 Å². The van der Waals surface area contributed by atoms with E-state index in [1.165, 1.54) is 19.2 Å². The van der Waals surface area contributed by atoms with E-state index in [1.54, 1.807) is 12.1 Å². The second-order valence-electron chi connectivity index (χ2n) is 5.12. The Bertz CT molecular complexity index is 686. The molecular weight excluding hydrogens is 324 g/mol. The lowest BCUT2D eigenvalue weighted by Crippen LogP contribution is -2.41. The molecule has 0 aromatic heterocycles. The summed E-state index contributed by atoms with van der Waals surface area (Å²) in [6.07, 6.45) is 0.469. The molecule has 1 heterocycles. The van der Waals surface area contributed by atoms with Crippen LogP contribution in [0.2, 0.25) is 0 Å². The van der Waals surface area contributed by atoms with Crippen LogP contribution in [0.15, 0.2) is 24.3 Å². The molecule has 0 spiro atoms. The number of nitrogens with one attached hydrogen (secondary N) is 1. The number of nitrogens with zero attached hydrogens (tertiary/aromatic N) is 1. The number of carbonyl (C=O) groups is 2. The number of aliphatic carboxylic acids is 1. The first-order valence-electron chi connectivity index (χ1n) is 6.97. The van der Waals surface area contributed by atoms with Crippen molar-refractivity contribution in [3.63, 3.8) is 0 Å². The minimum atomic E-state index is -3.40. The molecule has 1 unspecified atom stereocenters. The maximum absolute atomic E-state index is 12.0. The first kappa shape index (κ1) is 17.2. The van der Waals surface area contributed by atoms with Crippen LogP contribution in [0, 0.1) is 0 Å². The molecule has 1 fully saturated rings. The molecule has 1 aliphatic heterocycles. The summed E-state index contributed by atoms with van der Waals surface area (Å²) in [7, 11) is -1.92. The number of benzene rings is 1. The molecule has 1 aromatic rings. The van der Waals surface area contributed by atoms with Crippen molar-refractivity contribution >= 4 is 21.9 Å². The van der Waals surface area contributed by atoms with E-state index < -0.39 is 27.9 Å². The van der Waals surface area contributed by atoms with E-state index in [9.17, 15) is 23.1 Å². The van der Waals surface area contributed by atoms with Gasteiger partial charge in [-0.25, -0.2) is 13.2 Å². The average molecular weight is 342 g/mol. The fraction of sp³-hybridized carbons (Fsp3) is 0.429. The van der Waals surface area contributed by atoms with Crippen molar-refractivity contribution in [3.8, 4) is 5.75 Å². The van der Waals surface area contributed by atoms with Gasteiger partial charge in [0.1, 0.15) is 5.75 Å². The highest BCUT2D eigenvalue weighted by atomic mass is 32.2. The van der Waals surface area contributed by atoms with Crippen molar-refractivity contribution in [2.75, 3.05) is 26.0 Å². The van der Waals surface area contributed by atoms with E-state index in [-0.39, 0.29) is 18.8 Å². The Kier molecular flexibility index (Phi) is 5.22. The van der Waals surface area contributed by atoms with Crippen LogP contribution in [-0.2, 0) is 19.6 Å². The monoisotopic (exact) mass is 342 g/mol. The number of rotatable bonds is 6. The summed E-state index contributed by atoms with van der Waals surface area (Å²) < 4.78 is 29.4. The van der Waals surface area contributed by atoms with Crippen molar-refractivity contribution in [1.82, 2.24) is 9.62 Å². The molecular formula is C14H18N2O6S. The molecule has 2 N–H and O–H groups in total. The van der Waals surface area contributed by atoms with Crippen LogP contribution in [0.4, 0.5) is 0 Å². The summed E-state index contributed by atoms with van der Waals surface area (Å²) in [4.78, 5) is 23.4. The average Bonchev–Trinajstić information content (AvgIpc) is 2.83. The van der Waals surface area contributed by atoms with Gasteiger partial charge in [0.2, 0.25) is 15.9 Å². The normalized spacial score (nSPS) is 18.3. The number of carbonyl (C=O) groups excluding carboxylic acids is 1. The topological polar surface area (TPSA) is 113 Å². The number of hydrogen-bond acceptors (Lipinski definition) is 5. The third-order valence-electron chi connectivity index (χ3n) is 3.52. The fourth-order valence-electron chi connectivity index (χ4n) is 2.32. The summed E-state index contributed by atoms with van der Waals surface area (Å²) in [6.45, 7) is -0.0989. The lowest BCUT2D eigenvalue weighted by atomic mass is 10.1. The van der Waals surface area contributed by atoms with Crippen molar-refractivity contribution in [3.05, 3.63) is 29.8 Å². The Labute approximate surface area is 134 Å². The second-order valence-corrected chi connectivity index (χ2v) is 7.20. The minimum absolute atomic E-state index is 0.0150. The number of carboxylic acid groups (broad SMARTS) is 1. The van der Waals surface area contributed by atoms with Crippen molar-refractivity contribution in [1.29, 1.82) is 0 Å². The number of methoxy groups -OCH3 is 1. The third-order valence-corrected chi connectivity index (χ3v) is 5.43. The first-order chi connectivity index (χ1) is 10.8. The van der Waals surface area contributed by atoms with Crippen LogP contribution in [0.3, 0.4) is 0 Å². The molecule has 23 heavy (non-hydrogen) atoms. The highest BCUT2D eigenvalue weighted by Crippen LogP contribution is 2.18. The molecule has 1 aliphatic rings. The third kappa shape index (κ3) is 4.20. The highest BCUT2D eigenvalue weighted by molar-refractivity contribution is 7.89. The molecule has 1 amide bonds. The van der Waals surface area contributed by atoms with E-state index in [2.05, 4.69) is 5.32 Å². The molecule has 2 rings (SSSR count). The zero-order valence-electron chi connectivity index (χ0n) is 12.6. The Balaban J connectivity index is 2.06. The predicted molar refractivity (Wildman–Crippen MR) is 81.5 cm³/mol. The van der Waals surface area contributed by atoms with Crippen LogP contribution in [0.5, 0.6) is 5.75 Å². The summed E-state index contributed by atoms with van der Waals surface area (Å²) in [6, 6.07) is 4.98. The minimum Gasteiger partial charge on any atom is -0.497 e. The Morgan fingerprint density at radius 1 is 1.35 bits per heavy atom. The van der Waals surface area contributed by atoms with Crippen LogP contribution in [0.25, 0.3) is 0 Å². The van der Waals surface area contributed by atoms with Crippen molar-refractivity contribution in [2.45, 2.75) is 12.5 Å². The number of sulfonamides is 1. The van der Waals surface area contributed by atoms with Gasteiger partial charge in [-0.3, -0.25) is 4.79 Å². The quantitative estimate of drug-likeness (QED) is 0.751. The molecule has 1 aromatic carbocycles. The molecule has 1 atom stereocenters. The van der Waals surface area contributed by atoms with Gasteiger partial charge in [0.25, 0.3) is 0 Å². The van der Waals surface area contributed by atoms with Gasteiger partial charge in [-0.05, 0) is 24.1 Å². The maximum Gasteiger partial charge on any atom is 0.330 e. The summed E-state index contributed by atoms with van der Waals surface area (Å²) in [5, 5.41) is 11.6. The first-order valence-corrected chi connectivity index (χ1v) is 8.58. The standard InChI is InChI=1S/C14H18N2O6S/c1-22-11-5-3-10(4-6-11)13(14(18)19)15-12(17)9-16-7-2-8-23(16,20)21/h3-6,13H,2,7-9H2,1H3,(H,15,17)(H,18,19). The molecule has 0 saturated carbocycles. The molecule has 0 aliphatic carbocycles. The SMILES string of the molecule is COc1ccc(C(NC(=O)CN2CCCS2(=O)=O)C(=O)O)cc1. The molecule has 0 bridgehead atoms. The predicted octanol–water partition coefficient (Wildman–Crippen LogP) is -0.0274. The van der Waals surface area contributed by atoms with E-state index in [1.807, 2.05) is 0 Å². The van der Waals surface area contributed by atoms with Crippen molar-refractivity contribution < 1.29 is 27.9 Å². The molecule has 8 nitrogen and oxygen atoms in total. The number of ether oxygens (including phenoxy) is 1. The smallest absolute Gasteiger partial charge is 0.330 e.